The Labute approximate surface area is 113 Å². The van der Waals surface area contributed by atoms with Crippen molar-refractivity contribution in [2.45, 2.75) is 19.6 Å². The maximum atomic E-state index is 9.61. The van der Waals surface area contributed by atoms with Crippen molar-refractivity contribution in [3.8, 4) is 0 Å². The lowest BCUT2D eigenvalue weighted by molar-refractivity contribution is 0.0617. The van der Waals surface area contributed by atoms with E-state index in [2.05, 4.69) is 18.2 Å². The fourth-order valence-electron chi connectivity index (χ4n) is 2.00. The highest BCUT2D eigenvalue weighted by Crippen LogP contribution is 2.21. The molecular formula is C16H20O3. The van der Waals surface area contributed by atoms with E-state index in [-0.39, 0.29) is 0 Å². The molecule has 0 aliphatic carbocycles. The molecule has 0 saturated heterocycles. The lowest BCUT2D eigenvalue weighted by atomic mass is 10.0. The van der Waals surface area contributed by atoms with Gasteiger partial charge in [0.2, 0.25) is 0 Å². The normalized spacial score (nSPS) is 12.8. The van der Waals surface area contributed by atoms with Crippen LogP contribution in [0.1, 0.15) is 24.2 Å². The van der Waals surface area contributed by atoms with E-state index < -0.39 is 6.10 Å². The van der Waals surface area contributed by atoms with E-state index in [4.69, 9.17) is 9.47 Å². The topological polar surface area (TPSA) is 38.7 Å². The minimum Gasteiger partial charge on any atom is -0.389 e. The molecule has 3 heteroatoms. The van der Waals surface area contributed by atoms with Gasteiger partial charge in [-0.2, -0.15) is 0 Å². The molecular weight excluding hydrogens is 240 g/mol. The Morgan fingerprint density at radius 3 is 2.58 bits per heavy atom. The third-order valence-electron chi connectivity index (χ3n) is 3.11. The predicted octanol–water partition coefficient (Wildman–Crippen LogP) is 3.06. The number of benzene rings is 2. The zero-order chi connectivity index (χ0) is 13.7. The van der Waals surface area contributed by atoms with Gasteiger partial charge in [-0.15, -0.1) is 0 Å². The average molecular weight is 260 g/mol. The van der Waals surface area contributed by atoms with Crippen LogP contribution < -0.4 is 0 Å². The molecule has 1 atom stereocenters. The second-order valence-corrected chi connectivity index (χ2v) is 4.66. The molecule has 0 radical (unpaired) electrons. The SMILES string of the molecule is COCCOCc1ccc2ccc(C(C)O)cc2c1. The number of aliphatic hydroxyl groups is 1. The molecule has 0 bridgehead atoms. The summed E-state index contributed by atoms with van der Waals surface area (Å²) in [5, 5.41) is 11.9. The molecule has 0 aliphatic heterocycles. The lowest BCUT2D eigenvalue weighted by Crippen LogP contribution is -2.01. The van der Waals surface area contributed by atoms with Crippen molar-refractivity contribution in [2.75, 3.05) is 20.3 Å². The van der Waals surface area contributed by atoms with Crippen LogP contribution in [0, 0.1) is 0 Å². The summed E-state index contributed by atoms with van der Waals surface area (Å²) in [4.78, 5) is 0. The summed E-state index contributed by atoms with van der Waals surface area (Å²) in [6, 6.07) is 12.3. The molecule has 2 aromatic rings. The van der Waals surface area contributed by atoms with Crippen LogP contribution >= 0.6 is 0 Å². The first kappa shape index (κ1) is 14.0. The van der Waals surface area contributed by atoms with Crippen molar-refractivity contribution in [3.63, 3.8) is 0 Å². The van der Waals surface area contributed by atoms with Crippen LogP contribution in [0.5, 0.6) is 0 Å². The minimum absolute atomic E-state index is 0.439. The molecule has 19 heavy (non-hydrogen) atoms. The van der Waals surface area contributed by atoms with Crippen LogP contribution in [0.15, 0.2) is 36.4 Å². The Bertz CT molecular complexity index is 535. The monoisotopic (exact) mass is 260 g/mol. The van der Waals surface area contributed by atoms with Crippen LogP contribution in [0.2, 0.25) is 0 Å². The van der Waals surface area contributed by atoms with Gasteiger partial charge in [-0.05, 0) is 41.0 Å². The smallest absolute Gasteiger partial charge is 0.0762 e. The zero-order valence-corrected chi connectivity index (χ0v) is 11.4. The van der Waals surface area contributed by atoms with Gasteiger partial charge in [0.05, 0.1) is 25.9 Å². The Kier molecular flexibility index (Phi) is 4.91. The molecule has 1 unspecified atom stereocenters. The van der Waals surface area contributed by atoms with E-state index in [1.54, 1.807) is 14.0 Å². The molecule has 1 N–H and O–H groups in total. The van der Waals surface area contributed by atoms with Gasteiger partial charge in [-0.1, -0.05) is 24.3 Å². The zero-order valence-electron chi connectivity index (χ0n) is 11.4. The van der Waals surface area contributed by atoms with Gasteiger partial charge < -0.3 is 14.6 Å². The number of ether oxygens (including phenoxy) is 2. The number of hydrogen-bond donors (Lipinski definition) is 1. The maximum absolute atomic E-state index is 9.61. The number of fused-ring (bicyclic) bond motifs is 1. The highest BCUT2D eigenvalue weighted by atomic mass is 16.5. The molecule has 0 fully saturated rings. The predicted molar refractivity (Wildman–Crippen MR) is 76.1 cm³/mol. The number of rotatable bonds is 6. The molecule has 0 amide bonds. The summed E-state index contributed by atoms with van der Waals surface area (Å²) < 4.78 is 10.5. The molecule has 0 aromatic heterocycles. The van der Waals surface area contributed by atoms with E-state index in [0.717, 1.165) is 16.5 Å². The van der Waals surface area contributed by atoms with Crippen molar-refractivity contribution in [1.82, 2.24) is 0 Å². The molecule has 2 aromatic carbocycles. The van der Waals surface area contributed by atoms with E-state index >= 15 is 0 Å². The Morgan fingerprint density at radius 2 is 1.84 bits per heavy atom. The van der Waals surface area contributed by atoms with Gasteiger partial charge in [0.15, 0.2) is 0 Å². The van der Waals surface area contributed by atoms with Crippen LogP contribution in [-0.4, -0.2) is 25.4 Å². The summed E-state index contributed by atoms with van der Waals surface area (Å²) >= 11 is 0. The van der Waals surface area contributed by atoms with Gasteiger partial charge in [0.25, 0.3) is 0 Å². The summed E-state index contributed by atoms with van der Waals surface area (Å²) in [6.45, 7) is 3.57. The van der Waals surface area contributed by atoms with Gasteiger partial charge in [-0.25, -0.2) is 0 Å². The molecule has 0 saturated carbocycles. The number of hydrogen-bond acceptors (Lipinski definition) is 3. The molecule has 0 heterocycles. The lowest BCUT2D eigenvalue weighted by Gasteiger charge is -2.08. The second-order valence-electron chi connectivity index (χ2n) is 4.66. The van der Waals surface area contributed by atoms with Crippen LogP contribution in [0.3, 0.4) is 0 Å². The van der Waals surface area contributed by atoms with E-state index in [1.165, 1.54) is 5.39 Å². The van der Waals surface area contributed by atoms with Crippen molar-refractivity contribution in [2.24, 2.45) is 0 Å². The molecule has 0 aliphatic rings. The summed E-state index contributed by atoms with van der Waals surface area (Å²) in [5.41, 5.74) is 2.07. The quantitative estimate of drug-likeness (QED) is 0.811. The van der Waals surface area contributed by atoms with Crippen LogP contribution in [0.4, 0.5) is 0 Å². The largest absolute Gasteiger partial charge is 0.389 e. The van der Waals surface area contributed by atoms with Crippen molar-refractivity contribution < 1.29 is 14.6 Å². The Morgan fingerprint density at radius 1 is 1.05 bits per heavy atom. The van der Waals surface area contributed by atoms with E-state index in [9.17, 15) is 5.11 Å². The summed E-state index contributed by atoms with van der Waals surface area (Å²) in [5.74, 6) is 0. The fraction of sp³-hybridized carbons (Fsp3) is 0.375. The highest BCUT2D eigenvalue weighted by molar-refractivity contribution is 5.83. The van der Waals surface area contributed by atoms with Gasteiger partial charge >= 0.3 is 0 Å². The molecule has 0 spiro atoms. The van der Waals surface area contributed by atoms with Gasteiger partial charge in [0, 0.05) is 7.11 Å². The first-order valence-corrected chi connectivity index (χ1v) is 6.48. The summed E-state index contributed by atoms with van der Waals surface area (Å²) in [7, 11) is 1.66. The highest BCUT2D eigenvalue weighted by Gasteiger charge is 2.03. The minimum atomic E-state index is -0.439. The summed E-state index contributed by atoms with van der Waals surface area (Å²) in [6.07, 6.45) is -0.439. The fourth-order valence-corrected chi connectivity index (χ4v) is 2.00. The molecule has 102 valence electrons. The third kappa shape index (κ3) is 3.77. The maximum Gasteiger partial charge on any atom is 0.0762 e. The Hall–Kier alpha value is -1.42. The van der Waals surface area contributed by atoms with Crippen LogP contribution in [0.25, 0.3) is 10.8 Å². The average Bonchev–Trinajstić information content (AvgIpc) is 2.42. The first-order valence-electron chi connectivity index (χ1n) is 6.48. The number of methoxy groups -OCH3 is 1. The molecule has 2 rings (SSSR count). The van der Waals surface area contributed by atoms with E-state index in [0.29, 0.717) is 19.8 Å². The Balaban J connectivity index is 2.14. The van der Waals surface area contributed by atoms with E-state index in [1.807, 2.05) is 18.2 Å². The second kappa shape index (κ2) is 6.66. The van der Waals surface area contributed by atoms with Crippen molar-refractivity contribution in [1.29, 1.82) is 0 Å². The van der Waals surface area contributed by atoms with Crippen LogP contribution in [-0.2, 0) is 16.1 Å². The molecule has 3 nitrogen and oxygen atoms in total. The van der Waals surface area contributed by atoms with Gasteiger partial charge in [0.1, 0.15) is 0 Å². The first-order chi connectivity index (χ1) is 9.20. The van der Waals surface area contributed by atoms with Crippen molar-refractivity contribution >= 4 is 10.8 Å². The number of aliphatic hydroxyl groups excluding tert-OH is 1. The van der Waals surface area contributed by atoms with Crippen molar-refractivity contribution in [3.05, 3.63) is 47.5 Å². The standard InChI is InChI=1S/C16H20O3/c1-12(17)15-6-5-14-4-3-13(9-16(14)10-15)11-19-8-7-18-2/h3-6,9-10,12,17H,7-8,11H2,1-2H3. The third-order valence-corrected chi connectivity index (χ3v) is 3.11. The van der Waals surface area contributed by atoms with Gasteiger partial charge in [-0.3, -0.25) is 0 Å².